The molecule has 0 aliphatic rings. The van der Waals surface area contributed by atoms with E-state index in [0.29, 0.717) is 22.7 Å². The second kappa shape index (κ2) is 5.16. The van der Waals surface area contributed by atoms with Crippen LogP contribution in [0.4, 0.5) is 11.4 Å². The van der Waals surface area contributed by atoms with Crippen LogP contribution in [-0.2, 0) is 0 Å². The number of fused-ring (bicyclic) bond motifs is 1. The molecule has 1 aromatic heterocycles. The topological polar surface area (TPSA) is 93.0 Å². The third-order valence-electron chi connectivity index (χ3n) is 3.23. The highest BCUT2D eigenvalue weighted by Gasteiger charge is 2.12. The number of aromatic amines is 1. The van der Waals surface area contributed by atoms with Crippen molar-refractivity contribution in [3.63, 3.8) is 0 Å². The molecule has 0 saturated carbocycles. The number of nitrogens with zero attached hydrogens (tertiary/aromatic N) is 1. The standard InChI is InChI=1S/C15H14N4O2/c1-21-10-5-6-11(12(16)7-10)15(20)18-13-4-2-3-9-8-17-19-14(9)13/h2-8H,16H2,1H3,(H,17,19)(H,18,20). The Bertz CT molecular complexity index is 810. The number of nitrogen functional groups attached to an aromatic ring is 1. The smallest absolute Gasteiger partial charge is 0.257 e. The predicted molar refractivity (Wildman–Crippen MR) is 81.5 cm³/mol. The van der Waals surface area contributed by atoms with Gasteiger partial charge in [0.15, 0.2) is 0 Å². The van der Waals surface area contributed by atoms with Gasteiger partial charge in [0.25, 0.3) is 5.91 Å². The van der Waals surface area contributed by atoms with E-state index in [4.69, 9.17) is 10.5 Å². The molecule has 1 amide bonds. The average Bonchev–Trinajstić information content (AvgIpc) is 2.96. The normalized spacial score (nSPS) is 10.5. The Morgan fingerprint density at radius 3 is 2.95 bits per heavy atom. The molecule has 1 heterocycles. The van der Waals surface area contributed by atoms with Crippen LogP contribution in [0.5, 0.6) is 5.75 Å². The minimum Gasteiger partial charge on any atom is -0.497 e. The van der Waals surface area contributed by atoms with Crippen molar-refractivity contribution in [1.82, 2.24) is 10.2 Å². The van der Waals surface area contributed by atoms with Crippen molar-refractivity contribution in [2.45, 2.75) is 0 Å². The molecule has 4 N–H and O–H groups in total. The summed E-state index contributed by atoms with van der Waals surface area (Å²) in [6.45, 7) is 0. The second-order valence-corrected chi connectivity index (χ2v) is 4.55. The van der Waals surface area contributed by atoms with Crippen molar-refractivity contribution in [3.05, 3.63) is 48.2 Å². The van der Waals surface area contributed by atoms with Crippen LogP contribution >= 0.6 is 0 Å². The van der Waals surface area contributed by atoms with Crippen LogP contribution in [0.2, 0.25) is 0 Å². The molecule has 0 spiro atoms. The van der Waals surface area contributed by atoms with E-state index >= 15 is 0 Å². The number of H-pyrrole nitrogens is 1. The van der Waals surface area contributed by atoms with Crippen molar-refractivity contribution < 1.29 is 9.53 Å². The van der Waals surface area contributed by atoms with E-state index in [1.807, 2.05) is 12.1 Å². The third-order valence-corrected chi connectivity index (χ3v) is 3.23. The molecule has 0 aliphatic carbocycles. The molecular weight excluding hydrogens is 268 g/mol. The van der Waals surface area contributed by atoms with Crippen molar-refractivity contribution in [2.24, 2.45) is 0 Å². The van der Waals surface area contributed by atoms with Gasteiger partial charge >= 0.3 is 0 Å². The highest BCUT2D eigenvalue weighted by atomic mass is 16.5. The summed E-state index contributed by atoms with van der Waals surface area (Å²) < 4.78 is 5.07. The van der Waals surface area contributed by atoms with E-state index in [2.05, 4.69) is 15.5 Å². The number of carbonyl (C=O) groups is 1. The second-order valence-electron chi connectivity index (χ2n) is 4.55. The lowest BCUT2D eigenvalue weighted by atomic mass is 10.1. The van der Waals surface area contributed by atoms with Crippen LogP contribution < -0.4 is 15.8 Å². The minimum absolute atomic E-state index is 0.280. The van der Waals surface area contributed by atoms with E-state index in [1.54, 1.807) is 37.6 Å². The molecule has 2 aromatic carbocycles. The SMILES string of the molecule is COc1ccc(C(=O)Nc2cccc3cn[nH]c23)c(N)c1. The van der Waals surface area contributed by atoms with Gasteiger partial charge in [0, 0.05) is 17.1 Å². The summed E-state index contributed by atoms with van der Waals surface area (Å²) in [7, 11) is 1.55. The van der Waals surface area contributed by atoms with Gasteiger partial charge in [-0.3, -0.25) is 9.89 Å². The van der Waals surface area contributed by atoms with Crippen LogP contribution in [0.3, 0.4) is 0 Å². The molecule has 0 radical (unpaired) electrons. The lowest BCUT2D eigenvalue weighted by molar-refractivity contribution is 0.102. The summed E-state index contributed by atoms with van der Waals surface area (Å²) in [6, 6.07) is 10.5. The van der Waals surface area contributed by atoms with E-state index in [1.165, 1.54) is 0 Å². The number of nitrogens with two attached hydrogens (primary N) is 1. The maximum absolute atomic E-state index is 12.3. The molecule has 0 bridgehead atoms. The largest absolute Gasteiger partial charge is 0.497 e. The maximum Gasteiger partial charge on any atom is 0.257 e. The van der Waals surface area contributed by atoms with Crippen molar-refractivity contribution in [1.29, 1.82) is 0 Å². The lowest BCUT2D eigenvalue weighted by Gasteiger charge is -2.09. The number of methoxy groups -OCH3 is 1. The van der Waals surface area contributed by atoms with Crippen LogP contribution in [0.1, 0.15) is 10.4 Å². The fourth-order valence-electron chi connectivity index (χ4n) is 2.14. The molecule has 3 rings (SSSR count). The number of rotatable bonds is 3. The molecule has 0 atom stereocenters. The number of carbonyl (C=O) groups excluding carboxylic acids is 1. The number of aromatic nitrogens is 2. The Hall–Kier alpha value is -3.02. The summed E-state index contributed by atoms with van der Waals surface area (Å²) in [5.74, 6) is 0.331. The number of para-hydroxylation sites is 1. The number of anilines is 2. The summed E-state index contributed by atoms with van der Waals surface area (Å²) >= 11 is 0. The minimum atomic E-state index is -0.280. The highest BCUT2D eigenvalue weighted by Crippen LogP contribution is 2.24. The van der Waals surface area contributed by atoms with Crippen molar-refractivity contribution >= 4 is 28.2 Å². The molecule has 0 aliphatic heterocycles. The number of benzene rings is 2. The predicted octanol–water partition coefficient (Wildman–Crippen LogP) is 2.41. The van der Waals surface area contributed by atoms with E-state index in [9.17, 15) is 4.79 Å². The Balaban J connectivity index is 1.91. The van der Waals surface area contributed by atoms with Crippen molar-refractivity contribution in [3.8, 4) is 5.75 Å². The number of nitrogens with one attached hydrogen (secondary N) is 2. The average molecular weight is 282 g/mol. The highest BCUT2D eigenvalue weighted by molar-refractivity contribution is 6.10. The van der Waals surface area contributed by atoms with Gasteiger partial charge < -0.3 is 15.8 Å². The number of ether oxygens (including phenoxy) is 1. The van der Waals surface area contributed by atoms with Gasteiger partial charge in [-0.05, 0) is 18.2 Å². The quantitative estimate of drug-likeness (QED) is 0.643. The van der Waals surface area contributed by atoms with Gasteiger partial charge in [-0.15, -0.1) is 0 Å². The van der Waals surface area contributed by atoms with Crippen molar-refractivity contribution in [2.75, 3.05) is 18.2 Å². The van der Waals surface area contributed by atoms with Crippen LogP contribution in [-0.4, -0.2) is 23.2 Å². The first-order valence-electron chi connectivity index (χ1n) is 6.36. The van der Waals surface area contributed by atoms with E-state index in [0.717, 1.165) is 10.9 Å². The third kappa shape index (κ3) is 2.38. The zero-order valence-corrected chi connectivity index (χ0v) is 11.4. The lowest BCUT2D eigenvalue weighted by Crippen LogP contribution is -2.14. The molecule has 106 valence electrons. The van der Waals surface area contributed by atoms with Crippen LogP contribution in [0, 0.1) is 0 Å². The molecule has 0 unspecified atom stereocenters. The molecule has 21 heavy (non-hydrogen) atoms. The molecule has 0 fully saturated rings. The molecule has 6 nitrogen and oxygen atoms in total. The van der Waals surface area contributed by atoms with E-state index in [-0.39, 0.29) is 5.91 Å². The number of amides is 1. The summed E-state index contributed by atoms with van der Waals surface area (Å²) in [4.78, 5) is 12.3. The first-order valence-corrected chi connectivity index (χ1v) is 6.36. The molecule has 0 saturated heterocycles. The van der Waals surface area contributed by atoms with Gasteiger partial charge in [0.1, 0.15) is 5.75 Å². The molecule has 6 heteroatoms. The van der Waals surface area contributed by atoms with Gasteiger partial charge in [-0.2, -0.15) is 5.10 Å². The molecule has 3 aromatic rings. The first kappa shape index (κ1) is 13.0. The Labute approximate surface area is 120 Å². The maximum atomic E-state index is 12.3. The Morgan fingerprint density at radius 2 is 2.19 bits per heavy atom. The number of hydrogen-bond acceptors (Lipinski definition) is 4. The Morgan fingerprint density at radius 1 is 1.33 bits per heavy atom. The first-order chi connectivity index (χ1) is 10.2. The Kier molecular flexibility index (Phi) is 3.19. The van der Waals surface area contributed by atoms with Gasteiger partial charge in [-0.1, -0.05) is 12.1 Å². The zero-order chi connectivity index (χ0) is 14.8. The van der Waals surface area contributed by atoms with Gasteiger partial charge in [0.2, 0.25) is 0 Å². The van der Waals surface area contributed by atoms with Crippen LogP contribution in [0.25, 0.3) is 10.9 Å². The zero-order valence-electron chi connectivity index (χ0n) is 11.4. The monoisotopic (exact) mass is 282 g/mol. The summed E-state index contributed by atoms with van der Waals surface area (Å²) in [5.41, 5.74) is 8.08. The van der Waals surface area contributed by atoms with Gasteiger partial charge in [0.05, 0.1) is 30.1 Å². The van der Waals surface area contributed by atoms with Crippen LogP contribution in [0.15, 0.2) is 42.6 Å². The molecular formula is C15H14N4O2. The summed E-state index contributed by atoms with van der Waals surface area (Å²) in [6.07, 6.45) is 1.70. The van der Waals surface area contributed by atoms with E-state index < -0.39 is 0 Å². The van der Waals surface area contributed by atoms with Gasteiger partial charge in [-0.25, -0.2) is 0 Å². The number of hydrogen-bond donors (Lipinski definition) is 3. The fourth-order valence-corrected chi connectivity index (χ4v) is 2.14. The summed E-state index contributed by atoms with van der Waals surface area (Å²) in [5, 5.41) is 10.6. The fraction of sp³-hybridized carbons (Fsp3) is 0.0667.